The minimum Gasteiger partial charge on any atom is -0.481 e. The minimum atomic E-state index is -1.07. The number of rotatable bonds is 6. The van der Waals surface area contributed by atoms with Crippen molar-refractivity contribution in [1.82, 2.24) is 0 Å². The van der Waals surface area contributed by atoms with Crippen molar-refractivity contribution in [2.45, 2.75) is 12.3 Å². The van der Waals surface area contributed by atoms with Gasteiger partial charge in [-0.2, -0.15) is 0 Å². The molecule has 0 bridgehead atoms. The molecule has 0 aliphatic carbocycles. The summed E-state index contributed by atoms with van der Waals surface area (Å²) in [5.41, 5.74) is 1.70. The number of hydrogen-bond donors (Lipinski definition) is 2. The smallest absolute Gasteiger partial charge is 0.335 e. The Morgan fingerprint density at radius 1 is 1.05 bits per heavy atom. The Morgan fingerprint density at radius 2 is 1.73 bits per heavy atom. The maximum atomic E-state index is 11.8. The fourth-order valence-corrected chi connectivity index (χ4v) is 2.55. The Bertz CT molecular complexity index is 704. The van der Waals surface area contributed by atoms with E-state index in [9.17, 15) is 19.8 Å². The van der Waals surface area contributed by atoms with E-state index >= 15 is 0 Å². The number of aromatic carboxylic acids is 1. The van der Waals surface area contributed by atoms with Gasteiger partial charge in [-0.05, 0) is 29.2 Å². The Morgan fingerprint density at radius 3 is 2.27 bits per heavy atom. The van der Waals surface area contributed by atoms with Gasteiger partial charge < -0.3 is 10.2 Å². The van der Waals surface area contributed by atoms with Crippen LogP contribution in [0.5, 0.6) is 0 Å². The zero-order valence-corrected chi connectivity index (χ0v) is 11.9. The van der Waals surface area contributed by atoms with Crippen molar-refractivity contribution in [2.75, 3.05) is 0 Å². The van der Waals surface area contributed by atoms with E-state index in [2.05, 4.69) is 6.58 Å². The van der Waals surface area contributed by atoms with Crippen LogP contribution in [0, 0.1) is 0 Å². The van der Waals surface area contributed by atoms with E-state index in [1.54, 1.807) is 48.5 Å². The largest absolute Gasteiger partial charge is 0.481 e. The summed E-state index contributed by atoms with van der Waals surface area (Å²) < 4.78 is 0. The molecular weight excluding hydrogens is 280 g/mol. The zero-order chi connectivity index (χ0) is 16.1. The first-order chi connectivity index (χ1) is 10.6. The number of carboxylic acids is 2. The summed E-state index contributed by atoms with van der Waals surface area (Å²) in [6, 6.07) is 13.5. The summed E-state index contributed by atoms with van der Waals surface area (Å²) in [7, 11) is 0. The summed E-state index contributed by atoms with van der Waals surface area (Å²) in [5, 5.41) is 19.0. The molecule has 0 radical (unpaired) electrons. The number of allylic oxidation sites excluding steroid dienone is 1. The molecule has 2 rings (SSSR count). The van der Waals surface area contributed by atoms with Crippen LogP contribution in [0.1, 0.15) is 33.0 Å². The molecule has 2 aromatic carbocycles. The van der Waals surface area contributed by atoms with Crippen LogP contribution in [0.25, 0.3) is 0 Å². The first-order valence-corrected chi connectivity index (χ1v) is 6.80. The number of hydrogen-bond acceptors (Lipinski definition) is 2. The van der Waals surface area contributed by atoms with Gasteiger partial charge in [-0.15, -0.1) is 6.58 Å². The summed E-state index contributed by atoms with van der Waals surface area (Å²) in [5.74, 6) is -2.99. The van der Waals surface area contributed by atoms with E-state index in [4.69, 9.17) is 0 Å². The molecule has 0 aliphatic heterocycles. The van der Waals surface area contributed by atoms with Gasteiger partial charge in [-0.25, -0.2) is 4.79 Å². The molecule has 4 nitrogen and oxygen atoms in total. The molecule has 0 saturated carbocycles. The molecule has 0 aliphatic rings. The Kier molecular flexibility index (Phi) is 4.73. The van der Waals surface area contributed by atoms with Crippen molar-refractivity contribution in [3.05, 3.63) is 83.4 Å². The molecule has 0 amide bonds. The molecule has 0 spiro atoms. The highest BCUT2D eigenvalue weighted by Gasteiger charge is 2.26. The lowest BCUT2D eigenvalue weighted by Crippen LogP contribution is -2.17. The van der Waals surface area contributed by atoms with Crippen molar-refractivity contribution in [1.29, 1.82) is 0 Å². The van der Waals surface area contributed by atoms with Crippen LogP contribution in [0.2, 0.25) is 0 Å². The highest BCUT2D eigenvalue weighted by molar-refractivity contribution is 5.91. The molecule has 2 N–H and O–H groups in total. The normalized spacial score (nSPS) is 11.6. The van der Waals surface area contributed by atoms with E-state index in [1.807, 2.05) is 0 Å². The maximum absolute atomic E-state index is 11.8. The van der Waals surface area contributed by atoms with Gasteiger partial charge in [0.2, 0.25) is 0 Å². The van der Waals surface area contributed by atoms with Crippen LogP contribution >= 0.6 is 0 Å². The Labute approximate surface area is 128 Å². The molecule has 2 aromatic rings. The van der Waals surface area contributed by atoms with E-state index in [-0.39, 0.29) is 5.56 Å². The van der Waals surface area contributed by atoms with Crippen LogP contribution in [-0.4, -0.2) is 22.2 Å². The first-order valence-electron chi connectivity index (χ1n) is 6.80. The van der Waals surface area contributed by atoms with Gasteiger partial charge in [0.05, 0.1) is 5.56 Å². The average molecular weight is 296 g/mol. The van der Waals surface area contributed by atoms with Gasteiger partial charge in [0.1, 0.15) is 5.92 Å². The molecule has 0 heterocycles. The quantitative estimate of drug-likeness (QED) is 0.802. The molecule has 4 heteroatoms. The van der Waals surface area contributed by atoms with E-state index in [0.717, 1.165) is 0 Å². The molecule has 1 atom stereocenters. The summed E-state index contributed by atoms with van der Waals surface area (Å²) in [6.45, 7) is 3.63. The van der Waals surface area contributed by atoms with Gasteiger partial charge in [0.25, 0.3) is 0 Å². The lowest BCUT2D eigenvalue weighted by Gasteiger charge is -2.18. The molecule has 0 saturated heterocycles. The highest BCUT2D eigenvalue weighted by Crippen LogP contribution is 2.30. The van der Waals surface area contributed by atoms with Gasteiger partial charge in [-0.1, -0.05) is 48.5 Å². The molecule has 112 valence electrons. The van der Waals surface area contributed by atoms with Crippen molar-refractivity contribution in [3.8, 4) is 0 Å². The monoisotopic (exact) mass is 296 g/mol. The standard InChI is InChI=1S/C18H16O4/c1-2-7-13-14(10-6-11-15(13)17(19)20)16(18(21)22)12-8-4-3-5-9-12/h2-6,8-11,16H,1,7H2,(H,19,20)(H,21,22). The van der Waals surface area contributed by atoms with Crippen LogP contribution < -0.4 is 0 Å². The van der Waals surface area contributed by atoms with E-state index in [0.29, 0.717) is 23.1 Å². The molecule has 0 fully saturated rings. The molecule has 22 heavy (non-hydrogen) atoms. The second-order valence-electron chi connectivity index (χ2n) is 4.85. The summed E-state index contributed by atoms with van der Waals surface area (Å²) in [6.07, 6.45) is 1.88. The molecular formula is C18H16O4. The van der Waals surface area contributed by atoms with Crippen LogP contribution in [0.3, 0.4) is 0 Å². The maximum Gasteiger partial charge on any atom is 0.335 e. The van der Waals surface area contributed by atoms with Crippen molar-refractivity contribution in [3.63, 3.8) is 0 Å². The summed E-state index contributed by atoms with van der Waals surface area (Å²) >= 11 is 0. The van der Waals surface area contributed by atoms with Crippen LogP contribution in [0.4, 0.5) is 0 Å². The predicted molar refractivity (Wildman–Crippen MR) is 83.2 cm³/mol. The van der Waals surface area contributed by atoms with Gasteiger partial charge in [-0.3, -0.25) is 4.79 Å². The lowest BCUT2D eigenvalue weighted by molar-refractivity contribution is -0.137. The SMILES string of the molecule is C=CCc1c(C(=O)O)cccc1C(C(=O)O)c1ccccc1. The Balaban J connectivity index is 2.67. The second kappa shape index (κ2) is 6.72. The molecule has 0 aromatic heterocycles. The van der Waals surface area contributed by atoms with Crippen molar-refractivity contribution in [2.24, 2.45) is 0 Å². The first kappa shape index (κ1) is 15.5. The third-order valence-corrected chi connectivity index (χ3v) is 3.48. The average Bonchev–Trinajstić information content (AvgIpc) is 2.49. The van der Waals surface area contributed by atoms with E-state index in [1.165, 1.54) is 6.07 Å². The lowest BCUT2D eigenvalue weighted by atomic mass is 9.85. The topological polar surface area (TPSA) is 74.6 Å². The fraction of sp³-hybridized carbons (Fsp3) is 0.111. The van der Waals surface area contributed by atoms with Crippen molar-refractivity contribution < 1.29 is 19.8 Å². The third kappa shape index (κ3) is 3.06. The fourth-order valence-electron chi connectivity index (χ4n) is 2.55. The summed E-state index contributed by atoms with van der Waals surface area (Å²) in [4.78, 5) is 23.2. The number of benzene rings is 2. The van der Waals surface area contributed by atoms with E-state index < -0.39 is 17.9 Å². The highest BCUT2D eigenvalue weighted by atomic mass is 16.4. The van der Waals surface area contributed by atoms with Crippen molar-refractivity contribution >= 4 is 11.9 Å². The number of aliphatic carboxylic acids is 1. The van der Waals surface area contributed by atoms with Crippen LogP contribution in [0.15, 0.2) is 61.2 Å². The zero-order valence-electron chi connectivity index (χ0n) is 11.9. The molecule has 1 unspecified atom stereocenters. The number of carboxylic acid groups (broad SMARTS) is 2. The minimum absolute atomic E-state index is 0.111. The van der Waals surface area contributed by atoms with Gasteiger partial charge in [0, 0.05) is 0 Å². The second-order valence-corrected chi connectivity index (χ2v) is 4.85. The Hall–Kier alpha value is -2.88. The van der Waals surface area contributed by atoms with Crippen LogP contribution in [-0.2, 0) is 11.2 Å². The van der Waals surface area contributed by atoms with Gasteiger partial charge in [0.15, 0.2) is 0 Å². The third-order valence-electron chi connectivity index (χ3n) is 3.48. The van der Waals surface area contributed by atoms with Gasteiger partial charge >= 0.3 is 11.9 Å². The predicted octanol–water partition coefficient (Wildman–Crippen LogP) is 3.33. The number of carbonyl (C=O) groups is 2.